The number of carbonyl (C=O) groups is 2. The number of anilines is 1. The van der Waals surface area contributed by atoms with Gasteiger partial charge in [0.1, 0.15) is 5.69 Å². The first-order valence-electron chi connectivity index (χ1n) is 9.48. The zero-order chi connectivity index (χ0) is 21.5. The van der Waals surface area contributed by atoms with Crippen LogP contribution in [0.3, 0.4) is 0 Å². The van der Waals surface area contributed by atoms with Crippen LogP contribution in [0.25, 0.3) is 0 Å². The predicted molar refractivity (Wildman–Crippen MR) is 103 cm³/mol. The van der Waals surface area contributed by atoms with Crippen molar-refractivity contribution < 1.29 is 27.8 Å². The van der Waals surface area contributed by atoms with Crippen LogP contribution in [0.2, 0.25) is 0 Å². The van der Waals surface area contributed by atoms with Gasteiger partial charge in [0, 0.05) is 24.1 Å². The van der Waals surface area contributed by atoms with E-state index in [9.17, 15) is 18.4 Å². The van der Waals surface area contributed by atoms with Crippen molar-refractivity contribution in [3.63, 3.8) is 0 Å². The first-order chi connectivity index (χ1) is 14.3. The van der Waals surface area contributed by atoms with Gasteiger partial charge in [-0.2, -0.15) is 4.39 Å². The molecule has 2 aliphatic rings. The van der Waals surface area contributed by atoms with Gasteiger partial charge < -0.3 is 20.5 Å². The molecular formula is C21H21F2N3O4. The quantitative estimate of drug-likeness (QED) is 0.778. The van der Waals surface area contributed by atoms with E-state index in [-0.39, 0.29) is 22.4 Å². The Hall–Kier alpha value is -3.07. The molecular weight excluding hydrogens is 396 g/mol. The molecule has 1 saturated carbocycles. The van der Waals surface area contributed by atoms with E-state index in [2.05, 4.69) is 10.3 Å². The van der Waals surface area contributed by atoms with E-state index in [1.165, 1.54) is 31.5 Å². The lowest BCUT2D eigenvalue weighted by Crippen LogP contribution is -2.57. The summed E-state index contributed by atoms with van der Waals surface area (Å²) >= 11 is 0. The number of rotatable bonds is 5. The Labute approximate surface area is 171 Å². The molecule has 1 aliphatic heterocycles. The van der Waals surface area contributed by atoms with Crippen molar-refractivity contribution in [3.8, 4) is 5.75 Å². The molecule has 7 nitrogen and oxygen atoms in total. The molecule has 1 aromatic carbocycles. The number of pyridine rings is 1. The average Bonchev–Trinajstić information content (AvgIpc) is 3.18. The molecule has 30 heavy (non-hydrogen) atoms. The van der Waals surface area contributed by atoms with E-state index in [0.717, 1.165) is 12.5 Å². The molecule has 1 saturated heterocycles. The second-order valence-electron chi connectivity index (χ2n) is 7.93. The Bertz CT molecular complexity index is 1010. The Morgan fingerprint density at radius 2 is 2.03 bits per heavy atom. The number of nitrogens with two attached hydrogens (primary N) is 1. The highest BCUT2D eigenvalue weighted by Gasteiger charge is 2.61. The fourth-order valence-electron chi connectivity index (χ4n) is 4.63. The highest BCUT2D eigenvalue weighted by atomic mass is 19.2. The van der Waals surface area contributed by atoms with Crippen molar-refractivity contribution in [2.45, 2.75) is 24.7 Å². The minimum atomic E-state index is -1.14. The molecule has 2 fully saturated rings. The molecule has 2 aromatic rings. The van der Waals surface area contributed by atoms with Gasteiger partial charge in [0.05, 0.1) is 19.1 Å². The number of primary amides is 1. The van der Waals surface area contributed by atoms with Crippen LogP contribution in [0.1, 0.15) is 35.3 Å². The maximum absolute atomic E-state index is 14.4. The van der Waals surface area contributed by atoms with Crippen molar-refractivity contribution in [1.82, 2.24) is 4.98 Å². The van der Waals surface area contributed by atoms with E-state index < -0.39 is 28.9 Å². The molecule has 0 unspecified atom stereocenters. The summed E-state index contributed by atoms with van der Waals surface area (Å²) in [5, 5.41) is 2.77. The van der Waals surface area contributed by atoms with Gasteiger partial charge >= 0.3 is 0 Å². The van der Waals surface area contributed by atoms with Gasteiger partial charge in [-0.3, -0.25) is 14.6 Å². The maximum atomic E-state index is 14.4. The van der Waals surface area contributed by atoms with Crippen LogP contribution in [-0.2, 0) is 14.9 Å². The third-order valence-corrected chi connectivity index (χ3v) is 6.01. The number of hydrogen-bond donors (Lipinski definition) is 2. The number of halogens is 2. The number of methoxy groups -OCH3 is 1. The largest absolute Gasteiger partial charge is 0.493 e. The summed E-state index contributed by atoms with van der Waals surface area (Å²) in [7, 11) is 1.24. The fraction of sp³-hybridized carbons (Fsp3) is 0.381. The highest BCUT2D eigenvalue weighted by Crippen LogP contribution is 2.61. The van der Waals surface area contributed by atoms with Crippen molar-refractivity contribution in [3.05, 3.63) is 53.4 Å². The Balaban J connectivity index is 1.73. The van der Waals surface area contributed by atoms with E-state index in [0.29, 0.717) is 31.7 Å². The van der Waals surface area contributed by atoms with Gasteiger partial charge in [0.25, 0.3) is 5.91 Å². The summed E-state index contributed by atoms with van der Waals surface area (Å²) < 4.78 is 38.9. The van der Waals surface area contributed by atoms with Gasteiger partial charge in [-0.15, -0.1) is 0 Å². The third kappa shape index (κ3) is 3.19. The van der Waals surface area contributed by atoms with Gasteiger partial charge in [-0.25, -0.2) is 4.39 Å². The molecule has 2 amide bonds. The average molecular weight is 417 g/mol. The van der Waals surface area contributed by atoms with Gasteiger partial charge in [-0.05, 0) is 42.9 Å². The van der Waals surface area contributed by atoms with Crippen LogP contribution in [-0.4, -0.2) is 37.1 Å². The van der Waals surface area contributed by atoms with Crippen LogP contribution in [0.15, 0.2) is 30.5 Å². The molecule has 2 heterocycles. The fourth-order valence-corrected chi connectivity index (χ4v) is 4.63. The number of carbonyl (C=O) groups excluding carboxylic acids is 2. The maximum Gasteiger partial charge on any atom is 0.267 e. The molecule has 1 aromatic heterocycles. The van der Waals surface area contributed by atoms with Crippen LogP contribution < -0.4 is 15.8 Å². The first-order valence-corrected chi connectivity index (χ1v) is 9.48. The van der Waals surface area contributed by atoms with Crippen molar-refractivity contribution >= 4 is 17.5 Å². The van der Waals surface area contributed by atoms with E-state index >= 15 is 0 Å². The van der Waals surface area contributed by atoms with Crippen LogP contribution in [0.4, 0.5) is 14.5 Å². The second kappa shape index (κ2) is 7.32. The number of hydrogen-bond acceptors (Lipinski definition) is 5. The molecule has 158 valence electrons. The number of benzene rings is 1. The molecule has 9 heteroatoms. The molecule has 0 bridgehead atoms. The molecule has 4 rings (SSSR count). The minimum absolute atomic E-state index is 0.00142. The van der Waals surface area contributed by atoms with Crippen molar-refractivity contribution in [2.75, 3.05) is 25.6 Å². The Kier molecular flexibility index (Phi) is 4.93. The third-order valence-electron chi connectivity index (χ3n) is 6.01. The molecule has 3 N–H and O–H groups in total. The van der Waals surface area contributed by atoms with Crippen LogP contribution in [0, 0.1) is 17.0 Å². The zero-order valence-electron chi connectivity index (χ0n) is 16.3. The van der Waals surface area contributed by atoms with Gasteiger partial charge in [0.2, 0.25) is 11.7 Å². The zero-order valence-corrected chi connectivity index (χ0v) is 16.3. The first kappa shape index (κ1) is 20.2. The summed E-state index contributed by atoms with van der Waals surface area (Å²) in [6.45, 7) is 1.11. The molecule has 1 spiro atoms. The summed E-state index contributed by atoms with van der Waals surface area (Å²) in [5.74, 6) is -3.61. The number of ether oxygens (including phenoxy) is 2. The molecule has 0 atom stereocenters. The number of amides is 2. The highest BCUT2D eigenvalue weighted by molar-refractivity contribution is 6.01. The van der Waals surface area contributed by atoms with Crippen LogP contribution >= 0.6 is 0 Å². The Morgan fingerprint density at radius 1 is 1.27 bits per heavy atom. The number of nitrogens with zero attached hydrogens (tertiary/aromatic N) is 1. The standard InChI is InChI=1S/C21H21F2N3O4/c1-29-17-13(2-3-14(22)16(17)23)21(9-20(10-21)5-7-30-11-20)19(28)26-12-4-6-25-15(8-12)18(24)27/h2-4,6,8H,5,7,9-11H2,1H3,(H2,24,27)(H,25,26,28). The molecule has 0 radical (unpaired) electrons. The summed E-state index contributed by atoms with van der Waals surface area (Å²) in [6.07, 6.45) is 2.95. The smallest absolute Gasteiger partial charge is 0.267 e. The second-order valence-corrected chi connectivity index (χ2v) is 7.93. The normalized spacial score (nSPS) is 25.0. The van der Waals surface area contributed by atoms with Crippen LogP contribution in [0.5, 0.6) is 5.75 Å². The van der Waals surface area contributed by atoms with Gasteiger partial charge in [0.15, 0.2) is 11.6 Å². The van der Waals surface area contributed by atoms with Crippen molar-refractivity contribution in [1.29, 1.82) is 0 Å². The Morgan fingerprint density at radius 3 is 2.67 bits per heavy atom. The lowest BCUT2D eigenvalue weighted by atomic mass is 9.49. The van der Waals surface area contributed by atoms with Crippen molar-refractivity contribution in [2.24, 2.45) is 11.1 Å². The van der Waals surface area contributed by atoms with E-state index in [1.54, 1.807) is 0 Å². The lowest BCUT2D eigenvalue weighted by molar-refractivity contribution is -0.131. The molecule has 1 aliphatic carbocycles. The van der Waals surface area contributed by atoms with E-state index in [1.807, 2.05) is 0 Å². The lowest BCUT2D eigenvalue weighted by Gasteiger charge is -2.53. The van der Waals surface area contributed by atoms with E-state index in [4.69, 9.17) is 15.2 Å². The SMILES string of the molecule is COc1c(C2(C(=O)Nc3ccnc(C(N)=O)c3)CC3(CCOC3)C2)ccc(F)c1F. The summed E-state index contributed by atoms with van der Waals surface area (Å²) in [6, 6.07) is 5.27. The predicted octanol–water partition coefficient (Wildman–Crippen LogP) is 2.54. The monoisotopic (exact) mass is 417 g/mol. The number of nitrogens with one attached hydrogen (secondary N) is 1. The number of aromatic nitrogens is 1. The summed E-state index contributed by atoms with van der Waals surface area (Å²) in [4.78, 5) is 28.7. The summed E-state index contributed by atoms with van der Waals surface area (Å²) in [5.41, 5.74) is 4.54. The topological polar surface area (TPSA) is 104 Å². The van der Waals surface area contributed by atoms with Gasteiger partial charge in [-0.1, -0.05) is 6.07 Å². The minimum Gasteiger partial charge on any atom is -0.493 e.